The van der Waals surface area contributed by atoms with Crippen molar-refractivity contribution < 1.29 is 9.90 Å². The maximum atomic E-state index is 10.8. The lowest BCUT2D eigenvalue weighted by Crippen LogP contribution is -2.31. The highest BCUT2D eigenvalue weighted by atomic mass is 16.4. The molecule has 1 aromatic rings. The normalized spacial score (nSPS) is 16.5. The molecule has 2 rings (SSSR count). The van der Waals surface area contributed by atoms with Crippen LogP contribution in [-0.4, -0.2) is 26.6 Å². The fourth-order valence-corrected chi connectivity index (χ4v) is 1.21. The van der Waals surface area contributed by atoms with E-state index in [-0.39, 0.29) is 5.69 Å². The smallest absolute Gasteiger partial charge is 0.329 e. The van der Waals surface area contributed by atoms with Gasteiger partial charge in [-0.2, -0.15) is 5.26 Å². The summed E-state index contributed by atoms with van der Waals surface area (Å²) in [4.78, 5) is 18.5. The Hall–Kier alpha value is -2.16. The molecule has 1 heterocycles. The largest absolute Gasteiger partial charge is 0.480 e. The average molecular weight is 204 g/mol. The first-order valence-electron chi connectivity index (χ1n) is 4.40. The lowest BCUT2D eigenvalue weighted by atomic mass is 10.3. The summed E-state index contributed by atoms with van der Waals surface area (Å²) in [5, 5.41) is 20.2. The number of carbonyl (C=O) groups is 1. The van der Waals surface area contributed by atoms with Gasteiger partial charge in [0.1, 0.15) is 17.4 Å². The number of aromatic nitrogens is 2. The number of hydrogen-bond donors (Lipinski definition) is 2. The number of carboxylic acid groups (broad SMARTS) is 1. The number of rotatable bonds is 3. The fraction of sp³-hybridized carbons (Fsp3) is 0.333. The molecule has 76 valence electrons. The zero-order valence-corrected chi connectivity index (χ0v) is 7.77. The molecule has 0 aromatic carbocycles. The summed E-state index contributed by atoms with van der Waals surface area (Å²) in [6.07, 6.45) is 3.84. The van der Waals surface area contributed by atoms with Gasteiger partial charge in [-0.05, 0) is 12.8 Å². The molecule has 0 bridgehead atoms. The molecule has 0 radical (unpaired) electrons. The van der Waals surface area contributed by atoms with Gasteiger partial charge in [0, 0.05) is 0 Å². The van der Waals surface area contributed by atoms with Crippen molar-refractivity contribution in [3.8, 4) is 6.07 Å². The van der Waals surface area contributed by atoms with Crippen molar-refractivity contribution in [2.24, 2.45) is 0 Å². The molecule has 6 nitrogen and oxygen atoms in total. The van der Waals surface area contributed by atoms with Gasteiger partial charge in [0.15, 0.2) is 5.69 Å². The predicted molar refractivity (Wildman–Crippen MR) is 50.0 cm³/mol. The first kappa shape index (κ1) is 9.40. The standard InChI is InChI=1S/C9H8N4O2/c10-3-6-4-12-7(5-11-6)13-9(1-2-9)8(14)15/h4-5H,1-2H2,(H,12,13)(H,14,15). The van der Waals surface area contributed by atoms with Gasteiger partial charge in [0.2, 0.25) is 0 Å². The first-order valence-corrected chi connectivity index (χ1v) is 4.40. The van der Waals surface area contributed by atoms with E-state index in [0.29, 0.717) is 18.7 Å². The Morgan fingerprint density at radius 1 is 1.53 bits per heavy atom. The van der Waals surface area contributed by atoms with Crippen molar-refractivity contribution in [2.45, 2.75) is 18.4 Å². The lowest BCUT2D eigenvalue weighted by Gasteiger charge is -2.11. The summed E-state index contributed by atoms with van der Waals surface area (Å²) in [6.45, 7) is 0. The molecule has 1 aliphatic rings. The monoisotopic (exact) mass is 204 g/mol. The van der Waals surface area contributed by atoms with Crippen LogP contribution in [0.25, 0.3) is 0 Å². The molecule has 1 fully saturated rings. The molecule has 2 N–H and O–H groups in total. The van der Waals surface area contributed by atoms with Crippen LogP contribution in [0.4, 0.5) is 5.82 Å². The molecule has 0 saturated heterocycles. The quantitative estimate of drug-likeness (QED) is 0.738. The topological polar surface area (TPSA) is 98.9 Å². The van der Waals surface area contributed by atoms with Crippen LogP contribution in [-0.2, 0) is 4.79 Å². The molecule has 0 atom stereocenters. The zero-order chi connectivity index (χ0) is 10.9. The van der Waals surface area contributed by atoms with Crippen molar-refractivity contribution >= 4 is 11.8 Å². The van der Waals surface area contributed by atoms with Gasteiger partial charge in [-0.25, -0.2) is 14.8 Å². The highest BCUT2D eigenvalue weighted by Crippen LogP contribution is 2.38. The highest BCUT2D eigenvalue weighted by molar-refractivity contribution is 5.85. The fourth-order valence-electron chi connectivity index (χ4n) is 1.21. The van der Waals surface area contributed by atoms with Gasteiger partial charge < -0.3 is 10.4 Å². The molecule has 0 spiro atoms. The summed E-state index contributed by atoms with van der Waals surface area (Å²) in [6, 6.07) is 1.84. The number of nitrogens with one attached hydrogen (secondary N) is 1. The summed E-state index contributed by atoms with van der Waals surface area (Å²) in [7, 11) is 0. The number of anilines is 1. The van der Waals surface area contributed by atoms with Crippen LogP contribution in [0.15, 0.2) is 12.4 Å². The maximum Gasteiger partial charge on any atom is 0.329 e. The van der Waals surface area contributed by atoms with Gasteiger partial charge in [-0.15, -0.1) is 0 Å². The molecular weight excluding hydrogens is 196 g/mol. The summed E-state index contributed by atoms with van der Waals surface area (Å²) < 4.78 is 0. The van der Waals surface area contributed by atoms with Crippen LogP contribution < -0.4 is 5.32 Å². The van der Waals surface area contributed by atoms with Crippen molar-refractivity contribution in [3.63, 3.8) is 0 Å². The lowest BCUT2D eigenvalue weighted by molar-refractivity contribution is -0.138. The number of hydrogen-bond acceptors (Lipinski definition) is 5. The molecule has 0 amide bonds. The van der Waals surface area contributed by atoms with Crippen LogP contribution in [0.5, 0.6) is 0 Å². The van der Waals surface area contributed by atoms with Gasteiger partial charge in [0.25, 0.3) is 0 Å². The summed E-state index contributed by atoms with van der Waals surface area (Å²) in [5.74, 6) is -0.498. The first-order chi connectivity index (χ1) is 7.16. The summed E-state index contributed by atoms with van der Waals surface area (Å²) >= 11 is 0. The van der Waals surface area contributed by atoms with E-state index in [1.165, 1.54) is 12.4 Å². The molecule has 15 heavy (non-hydrogen) atoms. The summed E-state index contributed by atoms with van der Waals surface area (Å²) in [5.41, 5.74) is -0.663. The zero-order valence-electron chi connectivity index (χ0n) is 7.77. The van der Waals surface area contributed by atoms with E-state index in [9.17, 15) is 4.79 Å². The Kier molecular flexibility index (Phi) is 2.01. The number of aliphatic carboxylic acids is 1. The molecule has 1 saturated carbocycles. The van der Waals surface area contributed by atoms with Crippen LogP contribution >= 0.6 is 0 Å². The van der Waals surface area contributed by atoms with Crippen LogP contribution in [0.2, 0.25) is 0 Å². The maximum absolute atomic E-state index is 10.8. The van der Waals surface area contributed by atoms with Crippen LogP contribution in [0.3, 0.4) is 0 Å². The Morgan fingerprint density at radius 3 is 2.67 bits per heavy atom. The third kappa shape index (κ3) is 1.72. The third-order valence-electron chi connectivity index (χ3n) is 2.29. The van der Waals surface area contributed by atoms with E-state index >= 15 is 0 Å². The van der Waals surface area contributed by atoms with E-state index in [2.05, 4.69) is 15.3 Å². The van der Waals surface area contributed by atoms with Crippen molar-refractivity contribution in [2.75, 3.05) is 5.32 Å². The van der Waals surface area contributed by atoms with Crippen molar-refractivity contribution in [1.82, 2.24) is 9.97 Å². The minimum absolute atomic E-state index is 0.209. The van der Waals surface area contributed by atoms with Crippen LogP contribution in [0, 0.1) is 11.3 Å². The molecule has 0 unspecified atom stereocenters. The van der Waals surface area contributed by atoms with Crippen molar-refractivity contribution in [3.05, 3.63) is 18.1 Å². The number of nitrogens with zero attached hydrogens (tertiary/aromatic N) is 3. The van der Waals surface area contributed by atoms with Gasteiger partial charge in [-0.3, -0.25) is 0 Å². The minimum atomic E-state index is -0.881. The molecular formula is C9H8N4O2. The van der Waals surface area contributed by atoms with E-state index in [0.717, 1.165) is 0 Å². The highest BCUT2D eigenvalue weighted by Gasteiger charge is 2.50. The molecule has 1 aliphatic carbocycles. The van der Waals surface area contributed by atoms with Crippen molar-refractivity contribution in [1.29, 1.82) is 5.26 Å². The second kappa shape index (κ2) is 3.20. The van der Waals surface area contributed by atoms with Gasteiger partial charge >= 0.3 is 5.97 Å². The Morgan fingerprint density at radius 2 is 2.27 bits per heavy atom. The number of nitriles is 1. The molecule has 6 heteroatoms. The van der Waals surface area contributed by atoms with Crippen LogP contribution in [0.1, 0.15) is 18.5 Å². The van der Waals surface area contributed by atoms with E-state index < -0.39 is 11.5 Å². The number of carboxylic acids is 1. The second-order valence-corrected chi connectivity index (χ2v) is 3.41. The second-order valence-electron chi connectivity index (χ2n) is 3.41. The molecule has 0 aliphatic heterocycles. The minimum Gasteiger partial charge on any atom is -0.480 e. The Bertz CT molecular complexity index is 430. The van der Waals surface area contributed by atoms with E-state index in [4.69, 9.17) is 10.4 Å². The third-order valence-corrected chi connectivity index (χ3v) is 2.29. The average Bonchev–Trinajstić information content (AvgIpc) is 3.00. The SMILES string of the molecule is N#Cc1cnc(NC2(C(=O)O)CC2)cn1. The molecule has 1 aromatic heterocycles. The Labute approximate surface area is 85.6 Å². The van der Waals surface area contributed by atoms with E-state index in [1.807, 2.05) is 6.07 Å². The van der Waals surface area contributed by atoms with Gasteiger partial charge in [-0.1, -0.05) is 0 Å². The predicted octanol–water partition coefficient (Wildman–Crippen LogP) is 0.377. The Balaban J connectivity index is 2.12. The van der Waals surface area contributed by atoms with E-state index in [1.54, 1.807) is 0 Å². The van der Waals surface area contributed by atoms with Gasteiger partial charge in [0.05, 0.1) is 12.4 Å².